The number of amides is 1. The standard InChI is InChI=1S/C18H22N2O2/c1-14-5-4-6-15(2)18(14)22-13-17(21)20(3)12-9-16-7-10-19-11-8-16/h4-8,10-11H,9,12-13H2,1-3H3. The smallest absolute Gasteiger partial charge is 0.260 e. The number of likely N-dealkylation sites (N-methyl/N-ethyl adjacent to an activating group) is 1. The number of aromatic nitrogens is 1. The van der Waals surface area contributed by atoms with Crippen molar-refractivity contribution in [1.29, 1.82) is 0 Å². The SMILES string of the molecule is Cc1cccc(C)c1OCC(=O)N(C)CCc1ccncc1. The molecule has 2 rings (SSSR count). The molecule has 0 saturated carbocycles. The van der Waals surface area contributed by atoms with Crippen LogP contribution in [-0.2, 0) is 11.2 Å². The van der Waals surface area contributed by atoms with E-state index in [4.69, 9.17) is 4.74 Å². The fourth-order valence-electron chi connectivity index (χ4n) is 2.24. The van der Waals surface area contributed by atoms with Crippen molar-refractivity contribution in [3.8, 4) is 5.75 Å². The number of nitrogens with zero attached hydrogens (tertiary/aromatic N) is 2. The summed E-state index contributed by atoms with van der Waals surface area (Å²) in [4.78, 5) is 17.8. The van der Waals surface area contributed by atoms with Gasteiger partial charge in [0.25, 0.3) is 5.91 Å². The van der Waals surface area contributed by atoms with Crippen molar-refractivity contribution in [3.63, 3.8) is 0 Å². The molecule has 0 aliphatic carbocycles. The molecule has 4 nitrogen and oxygen atoms in total. The quantitative estimate of drug-likeness (QED) is 0.823. The van der Waals surface area contributed by atoms with Crippen molar-refractivity contribution < 1.29 is 9.53 Å². The lowest BCUT2D eigenvalue weighted by Crippen LogP contribution is -2.33. The van der Waals surface area contributed by atoms with Gasteiger partial charge < -0.3 is 9.64 Å². The second-order valence-corrected chi connectivity index (χ2v) is 5.43. The Bertz CT molecular complexity index is 606. The van der Waals surface area contributed by atoms with Crippen molar-refractivity contribution in [1.82, 2.24) is 9.88 Å². The Balaban J connectivity index is 1.84. The molecule has 4 heteroatoms. The lowest BCUT2D eigenvalue weighted by molar-refractivity contribution is -0.132. The van der Waals surface area contributed by atoms with E-state index < -0.39 is 0 Å². The summed E-state index contributed by atoms with van der Waals surface area (Å²) < 4.78 is 5.70. The van der Waals surface area contributed by atoms with E-state index in [9.17, 15) is 4.79 Å². The molecule has 0 saturated heterocycles. The van der Waals surface area contributed by atoms with Crippen molar-refractivity contribution in [2.45, 2.75) is 20.3 Å². The summed E-state index contributed by atoms with van der Waals surface area (Å²) in [7, 11) is 1.80. The largest absolute Gasteiger partial charge is 0.483 e. The van der Waals surface area contributed by atoms with Gasteiger partial charge in [-0.2, -0.15) is 0 Å². The highest BCUT2D eigenvalue weighted by molar-refractivity contribution is 5.77. The Hall–Kier alpha value is -2.36. The Morgan fingerprint density at radius 3 is 2.41 bits per heavy atom. The molecular weight excluding hydrogens is 276 g/mol. The number of rotatable bonds is 6. The molecule has 0 radical (unpaired) electrons. The van der Waals surface area contributed by atoms with Crippen LogP contribution < -0.4 is 4.74 Å². The highest BCUT2D eigenvalue weighted by Gasteiger charge is 2.11. The maximum atomic E-state index is 12.1. The molecule has 0 bridgehead atoms. The summed E-state index contributed by atoms with van der Waals surface area (Å²) in [6.45, 7) is 4.71. The van der Waals surface area contributed by atoms with Crippen molar-refractivity contribution in [2.75, 3.05) is 20.2 Å². The van der Waals surface area contributed by atoms with Gasteiger partial charge in [0, 0.05) is 26.0 Å². The van der Waals surface area contributed by atoms with E-state index >= 15 is 0 Å². The minimum absolute atomic E-state index is 0.0169. The molecule has 0 fully saturated rings. The topological polar surface area (TPSA) is 42.4 Å². The number of para-hydroxylation sites is 1. The van der Waals surface area contributed by atoms with E-state index in [-0.39, 0.29) is 12.5 Å². The molecule has 0 atom stereocenters. The third-order valence-electron chi connectivity index (χ3n) is 3.66. The summed E-state index contributed by atoms with van der Waals surface area (Å²) in [6, 6.07) is 9.89. The maximum absolute atomic E-state index is 12.1. The zero-order valence-corrected chi connectivity index (χ0v) is 13.4. The zero-order chi connectivity index (χ0) is 15.9. The average Bonchev–Trinajstić information content (AvgIpc) is 2.53. The highest BCUT2D eigenvalue weighted by atomic mass is 16.5. The fourth-order valence-corrected chi connectivity index (χ4v) is 2.24. The van der Waals surface area contributed by atoms with Gasteiger partial charge in [0.15, 0.2) is 6.61 Å². The van der Waals surface area contributed by atoms with Gasteiger partial charge in [-0.15, -0.1) is 0 Å². The van der Waals surface area contributed by atoms with E-state index in [1.165, 1.54) is 5.56 Å². The van der Waals surface area contributed by atoms with E-state index in [2.05, 4.69) is 4.98 Å². The molecule has 2 aromatic rings. The van der Waals surface area contributed by atoms with Gasteiger partial charge in [0.1, 0.15) is 5.75 Å². The number of carbonyl (C=O) groups excluding carboxylic acids is 1. The van der Waals surface area contributed by atoms with Crippen LogP contribution in [-0.4, -0.2) is 36.0 Å². The van der Waals surface area contributed by atoms with E-state index in [1.807, 2.05) is 44.2 Å². The number of carbonyl (C=O) groups is 1. The van der Waals surface area contributed by atoms with Crippen LogP contribution in [0.3, 0.4) is 0 Å². The predicted molar refractivity (Wildman–Crippen MR) is 87.0 cm³/mol. The molecule has 0 spiro atoms. The van der Waals surface area contributed by atoms with Crippen LogP contribution in [0.1, 0.15) is 16.7 Å². The normalized spacial score (nSPS) is 10.3. The van der Waals surface area contributed by atoms with E-state index in [1.54, 1.807) is 24.3 Å². The Morgan fingerprint density at radius 1 is 1.14 bits per heavy atom. The zero-order valence-electron chi connectivity index (χ0n) is 13.4. The minimum atomic E-state index is -0.0169. The van der Waals surface area contributed by atoms with Crippen molar-refractivity contribution in [3.05, 3.63) is 59.4 Å². The molecule has 1 amide bonds. The van der Waals surface area contributed by atoms with Crippen LogP contribution in [0.25, 0.3) is 0 Å². The van der Waals surface area contributed by atoms with Crippen molar-refractivity contribution in [2.24, 2.45) is 0 Å². The number of hydrogen-bond donors (Lipinski definition) is 0. The molecule has 1 aromatic carbocycles. The molecule has 22 heavy (non-hydrogen) atoms. The number of pyridine rings is 1. The molecule has 0 unspecified atom stereocenters. The summed E-state index contributed by atoms with van der Waals surface area (Å²) in [5, 5.41) is 0. The summed E-state index contributed by atoms with van der Waals surface area (Å²) >= 11 is 0. The van der Waals surface area contributed by atoms with Crippen LogP contribution in [0.4, 0.5) is 0 Å². The third kappa shape index (κ3) is 4.32. The predicted octanol–water partition coefficient (Wildman–Crippen LogP) is 2.78. The third-order valence-corrected chi connectivity index (χ3v) is 3.66. The number of benzene rings is 1. The maximum Gasteiger partial charge on any atom is 0.260 e. The fraction of sp³-hybridized carbons (Fsp3) is 0.333. The first-order valence-corrected chi connectivity index (χ1v) is 7.40. The van der Waals surface area contributed by atoms with Gasteiger partial charge in [0.2, 0.25) is 0 Å². The Kier molecular flexibility index (Phi) is 5.53. The molecule has 116 valence electrons. The van der Waals surface area contributed by atoms with Crippen LogP contribution in [0.5, 0.6) is 5.75 Å². The van der Waals surface area contributed by atoms with E-state index in [0.717, 1.165) is 23.3 Å². The van der Waals surface area contributed by atoms with Gasteiger partial charge >= 0.3 is 0 Å². The molecule has 0 aliphatic rings. The van der Waals surface area contributed by atoms with Gasteiger partial charge in [-0.05, 0) is 49.1 Å². The van der Waals surface area contributed by atoms with Crippen LogP contribution in [0.2, 0.25) is 0 Å². The molecular formula is C18H22N2O2. The van der Waals surface area contributed by atoms with Crippen LogP contribution in [0.15, 0.2) is 42.7 Å². The summed E-state index contributed by atoms with van der Waals surface area (Å²) in [5.74, 6) is 0.787. The molecule has 1 heterocycles. The van der Waals surface area contributed by atoms with E-state index in [0.29, 0.717) is 6.54 Å². The minimum Gasteiger partial charge on any atom is -0.483 e. The lowest BCUT2D eigenvalue weighted by Gasteiger charge is -2.18. The molecule has 0 N–H and O–H groups in total. The van der Waals surface area contributed by atoms with Crippen LogP contribution >= 0.6 is 0 Å². The number of ether oxygens (including phenoxy) is 1. The van der Waals surface area contributed by atoms with Gasteiger partial charge in [0.05, 0.1) is 0 Å². The summed E-state index contributed by atoms with van der Waals surface area (Å²) in [6.07, 6.45) is 4.34. The van der Waals surface area contributed by atoms with Crippen LogP contribution in [0, 0.1) is 13.8 Å². The second kappa shape index (κ2) is 7.59. The highest BCUT2D eigenvalue weighted by Crippen LogP contribution is 2.22. The second-order valence-electron chi connectivity index (χ2n) is 5.43. The van der Waals surface area contributed by atoms with Gasteiger partial charge in [-0.25, -0.2) is 0 Å². The summed E-state index contributed by atoms with van der Waals surface area (Å²) in [5.41, 5.74) is 3.27. The van der Waals surface area contributed by atoms with Gasteiger partial charge in [-0.3, -0.25) is 9.78 Å². The number of hydrogen-bond acceptors (Lipinski definition) is 3. The first-order chi connectivity index (χ1) is 10.6. The Morgan fingerprint density at radius 2 is 1.77 bits per heavy atom. The average molecular weight is 298 g/mol. The lowest BCUT2D eigenvalue weighted by atomic mass is 10.1. The van der Waals surface area contributed by atoms with Gasteiger partial charge in [-0.1, -0.05) is 18.2 Å². The van der Waals surface area contributed by atoms with Crippen molar-refractivity contribution >= 4 is 5.91 Å². The number of aryl methyl sites for hydroxylation is 2. The monoisotopic (exact) mass is 298 g/mol. The Labute approximate surface area is 131 Å². The molecule has 0 aliphatic heterocycles. The first-order valence-electron chi connectivity index (χ1n) is 7.40. The first kappa shape index (κ1) is 16.0. The molecule has 1 aromatic heterocycles.